The van der Waals surface area contributed by atoms with Crippen LogP contribution in [0, 0.1) is 17.3 Å². The maximum atomic E-state index is 13.2. The first-order valence-corrected chi connectivity index (χ1v) is 14.0. The molecule has 0 bridgehead atoms. The fourth-order valence-electron chi connectivity index (χ4n) is 6.22. The second kappa shape index (κ2) is 10.5. The number of amides is 4. The molecule has 214 valence electrons. The Hall–Kier alpha value is -3.10. The Morgan fingerprint density at radius 3 is 2.10 bits per heavy atom. The molecule has 3 unspecified atom stereocenters. The van der Waals surface area contributed by atoms with Crippen molar-refractivity contribution in [2.24, 2.45) is 17.3 Å². The number of benzene rings is 1. The maximum absolute atomic E-state index is 13.2. The Kier molecular flexibility index (Phi) is 7.76. The fourth-order valence-corrected chi connectivity index (χ4v) is 6.22. The van der Waals surface area contributed by atoms with Gasteiger partial charge >= 0.3 is 12.2 Å². The van der Waals surface area contributed by atoms with Gasteiger partial charge in [0.25, 0.3) is 11.8 Å². The van der Waals surface area contributed by atoms with Crippen LogP contribution in [0.4, 0.5) is 9.59 Å². The lowest BCUT2D eigenvalue weighted by atomic mass is 9.68. The zero-order valence-electron chi connectivity index (χ0n) is 24.3. The highest BCUT2D eigenvalue weighted by Gasteiger charge is 2.54. The molecule has 3 aliphatic rings. The highest BCUT2D eigenvalue weighted by atomic mass is 16.6. The van der Waals surface area contributed by atoms with Gasteiger partial charge in [0, 0.05) is 31.1 Å². The smallest absolute Gasteiger partial charge is 0.410 e. The minimum Gasteiger partial charge on any atom is -0.444 e. The maximum Gasteiger partial charge on any atom is 0.410 e. The minimum atomic E-state index is -0.644. The van der Waals surface area contributed by atoms with E-state index in [1.807, 2.05) is 48.5 Å². The molecule has 1 aliphatic carbocycles. The second-order valence-corrected chi connectivity index (χ2v) is 13.5. The Labute approximate surface area is 231 Å². The number of hydrogen-bond acceptors (Lipinski definition) is 6. The number of nitrogens with zero attached hydrogens (tertiary/aromatic N) is 2. The summed E-state index contributed by atoms with van der Waals surface area (Å²) in [6.07, 6.45) is 2.97. The minimum absolute atomic E-state index is 0.0111. The number of nitrogens with one attached hydrogen (secondary N) is 1. The summed E-state index contributed by atoms with van der Waals surface area (Å²) in [5, 5.41) is 2.96. The topological polar surface area (TPSA) is 105 Å². The van der Waals surface area contributed by atoms with Crippen LogP contribution in [0.15, 0.2) is 24.3 Å². The number of ether oxygens (including phenoxy) is 2. The molecule has 1 N–H and O–H groups in total. The molecule has 0 radical (unpaired) electrons. The first kappa shape index (κ1) is 28.9. The SMILES string of the molecule is CC(NC(=O)OC(C)(C)C)C(CC1CCCC12CN(C(=O)OC(C)(C)C)C2)CN1C(=O)c2ccccc2C1=O. The lowest BCUT2D eigenvalue weighted by Crippen LogP contribution is -2.61. The van der Waals surface area contributed by atoms with Crippen LogP contribution in [0.3, 0.4) is 0 Å². The van der Waals surface area contributed by atoms with E-state index in [2.05, 4.69) is 5.32 Å². The molecule has 4 rings (SSSR count). The van der Waals surface area contributed by atoms with Crippen molar-refractivity contribution in [1.82, 2.24) is 15.1 Å². The molecule has 1 aromatic carbocycles. The van der Waals surface area contributed by atoms with Gasteiger partial charge in [0.1, 0.15) is 11.2 Å². The van der Waals surface area contributed by atoms with Crippen molar-refractivity contribution in [2.75, 3.05) is 19.6 Å². The van der Waals surface area contributed by atoms with Crippen molar-refractivity contribution in [1.29, 1.82) is 0 Å². The van der Waals surface area contributed by atoms with E-state index in [1.54, 1.807) is 29.2 Å². The molecule has 1 aromatic rings. The molecule has 2 fully saturated rings. The van der Waals surface area contributed by atoms with Gasteiger partial charge in [0.05, 0.1) is 11.1 Å². The van der Waals surface area contributed by atoms with E-state index in [1.165, 1.54) is 4.90 Å². The lowest BCUT2D eigenvalue weighted by molar-refractivity contribution is -0.0549. The zero-order valence-corrected chi connectivity index (χ0v) is 24.3. The van der Waals surface area contributed by atoms with E-state index in [4.69, 9.17) is 9.47 Å². The summed E-state index contributed by atoms with van der Waals surface area (Å²) in [5.41, 5.74) is -0.372. The molecule has 1 saturated heterocycles. The summed E-state index contributed by atoms with van der Waals surface area (Å²) in [7, 11) is 0. The monoisotopic (exact) mass is 541 g/mol. The highest BCUT2D eigenvalue weighted by molar-refractivity contribution is 6.21. The molecule has 0 aromatic heterocycles. The predicted molar refractivity (Wildman–Crippen MR) is 146 cm³/mol. The third-order valence-electron chi connectivity index (χ3n) is 8.09. The number of hydrogen-bond donors (Lipinski definition) is 1. The van der Waals surface area contributed by atoms with Crippen LogP contribution in [0.1, 0.15) is 94.9 Å². The molecule has 2 heterocycles. The van der Waals surface area contributed by atoms with Crippen molar-refractivity contribution in [3.05, 3.63) is 35.4 Å². The predicted octanol–water partition coefficient (Wildman–Crippen LogP) is 5.24. The van der Waals surface area contributed by atoms with Gasteiger partial charge < -0.3 is 19.7 Å². The Morgan fingerprint density at radius 1 is 1.00 bits per heavy atom. The van der Waals surface area contributed by atoms with Crippen LogP contribution in [-0.2, 0) is 9.47 Å². The van der Waals surface area contributed by atoms with E-state index in [9.17, 15) is 19.2 Å². The van der Waals surface area contributed by atoms with Gasteiger partial charge in [0.15, 0.2) is 0 Å². The number of rotatable bonds is 6. The van der Waals surface area contributed by atoms with Crippen LogP contribution in [0.25, 0.3) is 0 Å². The molecule has 2 aliphatic heterocycles. The summed E-state index contributed by atoms with van der Waals surface area (Å²) >= 11 is 0. The van der Waals surface area contributed by atoms with E-state index in [0.29, 0.717) is 36.6 Å². The van der Waals surface area contributed by atoms with Gasteiger partial charge in [-0.2, -0.15) is 0 Å². The van der Waals surface area contributed by atoms with Crippen LogP contribution >= 0.6 is 0 Å². The average Bonchev–Trinajstić information content (AvgIpc) is 3.30. The van der Waals surface area contributed by atoms with Gasteiger partial charge in [-0.05, 0) is 91.7 Å². The Bertz CT molecular complexity index is 1090. The Morgan fingerprint density at radius 2 is 1.56 bits per heavy atom. The molecule has 3 atom stereocenters. The molecule has 1 spiro atoms. The standard InChI is InChI=1S/C30H43N3O6/c1-19(31-26(36)38-28(2,3)4)20(16-33-24(34)22-12-8-9-13-23(22)25(33)35)15-21-11-10-14-30(21)17-32(18-30)27(37)39-29(5,6)7/h8-9,12-13,19-21H,10-11,14-18H2,1-7H3,(H,31,36). The van der Waals surface area contributed by atoms with Crippen LogP contribution in [-0.4, -0.2) is 70.7 Å². The van der Waals surface area contributed by atoms with E-state index < -0.39 is 17.3 Å². The molecule has 1 saturated carbocycles. The second-order valence-electron chi connectivity index (χ2n) is 13.5. The summed E-state index contributed by atoms with van der Waals surface area (Å²) < 4.78 is 11.1. The summed E-state index contributed by atoms with van der Waals surface area (Å²) in [6.45, 7) is 14.4. The molecule has 9 heteroatoms. The molecular weight excluding hydrogens is 498 g/mol. The average molecular weight is 542 g/mol. The van der Waals surface area contributed by atoms with E-state index in [-0.39, 0.29) is 41.8 Å². The van der Waals surface area contributed by atoms with Crippen molar-refractivity contribution >= 4 is 24.0 Å². The van der Waals surface area contributed by atoms with Crippen LogP contribution < -0.4 is 5.32 Å². The van der Waals surface area contributed by atoms with Crippen molar-refractivity contribution in [3.8, 4) is 0 Å². The van der Waals surface area contributed by atoms with Crippen molar-refractivity contribution in [2.45, 2.75) is 91.4 Å². The molecular formula is C30H43N3O6. The number of alkyl carbamates (subject to hydrolysis) is 1. The van der Waals surface area contributed by atoms with Gasteiger partial charge in [-0.15, -0.1) is 0 Å². The first-order valence-electron chi connectivity index (χ1n) is 14.0. The van der Waals surface area contributed by atoms with E-state index in [0.717, 1.165) is 19.3 Å². The fraction of sp³-hybridized carbons (Fsp3) is 0.667. The third kappa shape index (κ3) is 6.39. The van der Waals surface area contributed by atoms with Crippen LogP contribution in [0.5, 0.6) is 0 Å². The number of imide groups is 1. The van der Waals surface area contributed by atoms with Gasteiger partial charge in [0.2, 0.25) is 0 Å². The summed E-state index contributed by atoms with van der Waals surface area (Å²) in [6, 6.07) is 6.53. The number of carbonyl (C=O) groups excluding carboxylic acids is 4. The van der Waals surface area contributed by atoms with Crippen molar-refractivity contribution < 1.29 is 28.7 Å². The van der Waals surface area contributed by atoms with Crippen LogP contribution in [0.2, 0.25) is 0 Å². The first-order chi connectivity index (χ1) is 18.1. The number of fused-ring (bicyclic) bond motifs is 1. The highest BCUT2D eigenvalue weighted by Crippen LogP contribution is 2.52. The lowest BCUT2D eigenvalue weighted by Gasteiger charge is -2.52. The van der Waals surface area contributed by atoms with Gasteiger partial charge in [-0.3, -0.25) is 14.5 Å². The number of carbonyl (C=O) groups is 4. The van der Waals surface area contributed by atoms with Gasteiger partial charge in [-0.25, -0.2) is 9.59 Å². The zero-order chi connectivity index (χ0) is 28.8. The molecule has 9 nitrogen and oxygen atoms in total. The quantitative estimate of drug-likeness (QED) is 0.494. The molecule has 39 heavy (non-hydrogen) atoms. The normalized spacial score (nSPS) is 21.9. The molecule has 4 amide bonds. The van der Waals surface area contributed by atoms with Gasteiger partial charge in [-0.1, -0.05) is 18.6 Å². The summed E-state index contributed by atoms with van der Waals surface area (Å²) in [4.78, 5) is 54.7. The largest absolute Gasteiger partial charge is 0.444 e. The summed E-state index contributed by atoms with van der Waals surface area (Å²) in [5.74, 6) is -0.494. The van der Waals surface area contributed by atoms with Crippen molar-refractivity contribution in [3.63, 3.8) is 0 Å². The Balaban J connectivity index is 1.50. The number of likely N-dealkylation sites (tertiary alicyclic amines) is 1. The third-order valence-corrected chi connectivity index (χ3v) is 8.09. The van der Waals surface area contributed by atoms with E-state index >= 15 is 0 Å².